The summed E-state index contributed by atoms with van der Waals surface area (Å²) in [7, 11) is 0. The number of rotatable bonds is 9. The molecule has 7 nitrogen and oxygen atoms in total. The normalized spacial score (nSPS) is 16.4. The number of aromatic nitrogens is 4. The second kappa shape index (κ2) is 11.4. The van der Waals surface area contributed by atoms with Gasteiger partial charge in [0, 0.05) is 42.0 Å². The van der Waals surface area contributed by atoms with Gasteiger partial charge in [-0.05, 0) is 36.8 Å². The zero-order chi connectivity index (χ0) is 26.6. The number of pyridine rings is 1. The molecular formula is C28H34ClFN6O. The third kappa shape index (κ3) is 6.74. The average Bonchev–Trinajstić information content (AvgIpc) is 3.26. The van der Waals surface area contributed by atoms with E-state index in [2.05, 4.69) is 59.0 Å². The van der Waals surface area contributed by atoms with Gasteiger partial charge in [-0.25, -0.2) is 19.3 Å². The summed E-state index contributed by atoms with van der Waals surface area (Å²) in [4.78, 5) is 30.9. The average molecular weight is 525 g/mol. The molecular weight excluding hydrogens is 491 g/mol. The predicted molar refractivity (Wildman–Crippen MR) is 147 cm³/mol. The highest BCUT2D eigenvalue weighted by Crippen LogP contribution is 2.29. The quantitative estimate of drug-likeness (QED) is 0.318. The molecule has 1 aliphatic rings. The molecule has 1 amide bonds. The Balaban J connectivity index is 1.49. The van der Waals surface area contributed by atoms with Gasteiger partial charge in [-0.1, -0.05) is 57.9 Å². The smallest absolute Gasteiger partial charge is 0.227 e. The number of carbonyl (C=O) groups is 1. The Hall–Kier alpha value is -3.26. The van der Waals surface area contributed by atoms with Crippen LogP contribution in [0.25, 0.3) is 22.4 Å². The topological polar surface area (TPSA) is 86.8 Å². The molecule has 0 aliphatic carbocycles. The van der Waals surface area contributed by atoms with Crippen LogP contribution >= 0.6 is 11.6 Å². The van der Waals surface area contributed by atoms with Crippen LogP contribution in [0, 0.1) is 11.2 Å². The van der Waals surface area contributed by atoms with Crippen molar-refractivity contribution in [1.29, 1.82) is 0 Å². The molecule has 0 aromatic carbocycles. The number of hydrogen-bond acceptors (Lipinski definition) is 5. The van der Waals surface area contributed by atoms with Crippen LogP contribution in [0.15, 0.2) is 49.1 Å². The maximum absolute atomic E-state index is 14.8. The largest absolute Gasteiger partial charge is 0.365 e. The summed E-state index contributed by atoms with van der Waals surface area (Å²) in [6.07, 6.45) is 16.0. The summed E-state index contributed by atoms with van der Waals surface area (Å²) in [5.41, 5.74) is 1.27. The molecule has 1 unspecified atom stereocenters. The summed E-state index contributed by atoms with van der Waals surface area (Å²) in [5.74, 6) is 0.141. The summed E-state index contributed by atoms with van der Waals surface area (Å²) in [5, 5.41) is 4.58. The van der Waals surface area contributed by atoms with E-state index in [0.717, 1.165) is 31.1 Å². The third-order valence-corrected chi connectivity index (χ3v) is 6.50. The molecule has 37 heavy (non-hydrogen) atoms. The standard InChI is InChI=1S/C28H34ClFN6O/c1-5-8-19(10-11-20-9-6-7-12-36(20)24(37)14-28(2,3)4)34-27-23(30)17-33-26(35-27)22-16-32-25-21(22)13-18(29)15-31-25/h6-7,9,12-13,15-17,19-20H,5,8,10-11,14H2,1-4H3,(H,31,32)(H,33,34,35)/t19?,20-/m1/s1. The van der Waals surface area contributed by atoms with Gasteiger partial charge >= 0.3 is 0 Å². The maximum Gasteiger partial charge on any atom is 0.227 e. The van der Waals surface area contributed by atoms with Gasteiger partial charge in [-0.2, -0.15) is 0 Å². The molecule has 0 saturated carbocycles. The van der Waals surface area contributed by atoms with Crippen molar-refractivity contribution in [1.82, 2.24) is 24.8 Å². The monoisotopic (exact) mass is 524 g/mol. The van der Waals surface area contributed by atoms with E-state index in [1.807, 2.05) is 23.3 Å². The van der Waals surface area contributed by atoms with Crippen molar-refractivity contribution < 1.29 is 9.18 Å². The van der Waals surface area contributed by atoms with Crippen LogP contribution in [0.5, 0.6) is 0 Å². The molecule has 0 fully saturated rings. The molecule has 2 atom stereocenters. The summed E-state index contributed by atoms with van der Waals surface area (Å²) in [6, 6.07) is 1.74. The lowest BCUT2D eigenvalue weighted by Gasteiger charge is -2.32. The van der Waals surface area contributed by atoms with Crippen LogP contribution < -0.4 is 5.32 Å². The number of anilines is 1. The fourth-order valence-electron chi connectivity index (χ4n) is 4.55. The van der Waals surface area contributed by atoms with Crippen LogP contribution in [-0.4, -0.2) is 42.8 Å². The molecule has 196 valence electrons. The van der Waals surface area contributed by atoms with Crippen molar-refractivity contribution >= 4 is 34.4 Å². The number of carbonyl (C=O) groups excluding carboxylic acids is 1. The van der Waals surface area contributed by atoms with Crippen LogP contribution in [0.3, 0.4) is 0 Å². The van der Waals surface area contributed by atoms with E-state index >= 15 is 0 Å². The highest BCUT2D eigenvalue weighted by Gasteiger charge is 2.26. The summed E-state index contributed by atoms with van der Waals surface area (Å²) in [6.45, 7) is 8.30. The van der Waals surface area contributed by atoms with Gasteiger partial charge in [-0.3, -0.25) is 4.79 Å². The minimum absolute atomic E-state index is 0.0137. The Morgan fingerprint density at radius 2 is 2.05 bits per heavy atom. The summed E-state index contributed by atoms with van der Waals surface area (Å²) >= 11 is 6.13. The van der Waals surface area contributed by atoms with E-state index in [1.165, 1.54) is 6.20 Å². The second-order valence-corrected chi connectivity index (χ2v) is 11.1. The predicted octanol–water partition coefficient (Wildman–Crippen LogP) is 6.89. The Kier molecular flexibility index (Phi) is 8.27. The Bertz CT molecular complexity index is 1310. The van der Waals surface area contributed by atoms with Crippen LogP contribution in [0.2, 0.25) is 5.02 Å². The first-order chi connectivity index (χ1) is 17.6. The van der Waals surface area contributed by atoms with Gasteiger partial charge in [0.1, 0.15) is 5.65 Å². The molecule has 3 aromatic heterocycles. The van der Waals surface area contributed by atoms with Crippen molar-refractivity contribution in [3.8, 4) is 11.4 Å². The Morgan fingerprint density at radius 3 is 2.81 bits per heavy atom. The molecule has 4 rings (SSSR count). The first-order valence-electron chi connectivity index (χ1n) is 12.7. The van der Waals surface area contributed by atoms with Crippen LogP contribution in [-0.2, 0) is 4.79 Å². The number of fused-ring (bicyclic) bond motifs is 1. The highest BCUT2D eigenvalue weighted by atomic mass is 35.5. The minimum Gasteiger partial charge on any atom is -0.365 e. The SMILES string of the molecule is CCCC(CC[C@H]1C=CC=CN1C(=O)CC(C)(C)C)Nc1nc(-c2c[nH]c3ncc(Cl)cc23)ncc1F. The first kappa shape index (κ1) is 26.8. The number of allylic oxidation sites excluding steroid dienone is 2. The number of hydrogen-bond donors (Lipinski definition) is 2. The number of nitrogens with zero attached hydrogens (tertiary/aromatic N) is 4. The zero-order valence-corrected chi connectivity index (χ0v) is 22.5. The molecule has 0 saturated heterocycles. The molecule has 4 heterocycles. The van der Waals surface area contributed by atoms with Crippen molar-refractivity contribution in [2.24, 2.45) is 5.41 Å². The lowest BCUT2D eigenvalue weighted by molar-refractivity contribution is -0.131. The minimum atomic E-state index is -0.511. The van der Waals surface area contributed by atoms with E-state index in [0.29, 0.717) is 28.5 Å². The van der Waals surface area contributed by atoms with Crippen LogP contribution in [0.4, 0.5) is 10.2 Å². The second-order valence-electron chi connectivity index (χ2n) is 10.7. The van der Waals surface area contributed by atoms with Gasteiger partial charge in [0.2, 0.25) is 5.91 Å². The third-order valence-electron chi connectivity index (χ3n) is 6.29. The fourth-order valence-corrected chi connectivity index (χ4v) is 4.71. The fraction of sp³-hybridized carbons (Fsp3) is 0.429. The van der Waals surface area contributed by atoms with Gasteiger partial charge in [0.05, 0.1) is 17.3 Å². The van der Waals surface area contributed by atoms with E-state index in [9.17, 15) is 9.18 Å². The lowest BCUT2D eigenvalue weighted by Crippen LogP contribution is -2.38. The first-order valence-corrected chi connectivity index (χ1v) is 13.1. The number of aromatic amines is 1. The molecule has 0 bridgehead atoms. The molecule has 1 aliphatic heterocycles. The van der Waals surface area contributed by atoms with Crippen molar-refractivity contribution in [3.05, 3.63) is 59.9 Å². The van der Waals surface area contributed by atoms with Gasteiger partial charge in [-0.15, -0.1) is 0 Å². The van der Waals surface area contributed by atoms with E-state index in [1.54, 1.807) is 18.5 Å². The Labute approximate surface area is 222 Å². The summed E-state index contributed by atoms with van der Waals surface area (Å²) < 4.78 is 14.8. The van der Waals surface area contributed by atoms with Gasteiger partial charge in [0.15, 0.2) is 17.5 Å². The maximum atomic E-state index is 14.8. The number of nitrogens with one attached hydrogen (secondary N) is 2. The number of amides is 1. The van der Waals surface area contributed by atoms with E-state index in [-0.39, 0.29) is 29.2 Å². The zero-order valence-electron chi connectivity index (χ0n) is 21.8. The van der Waals surface area contributed by atoms with Crippen molar-refractivity contribution in [2.75, 3.05) is 5.32 Å². The van der Waals surface area contributed by atoms with Gasteiger partial charge in [0.25, 0.3) is 0 Å². The lowest BCUT2D eigenvalue weighted by atomic mass is 9.91. The number of H-pyrrole nitrogens is 1. The van der Waals surface area contributed by atoms with E-state index in [4.69, 9.17) is 11.6 Å². The molecule has 0 radical (unpaired) electrons. The van der Waals surface area contributed by atoms with Crippen LogP contribution in [0.1, 0.15) is 59.8 Å². The molecule has 3 aromatic rings. The number of halogens is 2. The molecule has 9 heteroatoms. The highest BCUT2D eigenvalue weighted by molar-refractivity contribution is 6.31. The van der Waals surface area contributed by atoms with E-state index < -0.39 is 5.82 Å². The van der Waals surface area contributed by atoms with Crippen molar-refractivity contribution in [3.63, 3.8) is 0 Å². The molecule has 0 spiro atoms. The molecule has 2 N–H and O–H groups in total. The Morgan fingerprint density at radius 1 is 1.24 bits per heavy atom. The van der Waals surface area contributed by atoms with Gasteiger partial charge < -0.3 is 15.2 Å². The van der Waals surface area contributed by atoms with Crippen molar-refractivity contribution in [2.45, 2.75) is 71.9 Å².